The molecular formula is C13H16O3. The molecule has 16 heavy (non-hydrogen) atoms. The molecule has 0 amide bonds. The summed E-state index contributed by atoms with van der Waals surface area (Å²) in [6, 6.07) is 5.75. The van der Waals surface area contributed by atoms with Gasteiger partial charge in [-0.05, 0) is 31.0 Å². The van der Waals surface area contributed by atoms with Gasteiger partial charge in [-0.1, -0.05) is 19.4 Å². The van der Waals surface area contributed by atoms with Crippen LogP contribution in [-0.2, 0) is 4.79 Å². The maximum absolute atomic E-state index is 11.6. The monoisotopic (exact) mass is 220 g/mol. The zero-order chi connectivity index (χ0) is 11.5. The lowest BCUT2D eigenvalue weighted by Gasteiger charge is -2.13. The number of ether oxygens (including phenoxy) is 2. The first-order valence-electron chi connectivity index (χ1n) is 5.62. The third-order valence-electron chi connectivity index (χ3n) is 2.87. The molecule has 1 aromatic rings. The quantitative estimate of drug-likeness (QED) is 0.782. The summed E-state index contributed by atoms with van der Waals surface area (Å²) in [6.07, 6.45) is 1.88. The first-order valence-corrected chi connectivity index (χ1v) is 5.62. The van der Waals surface area contributed by atoms with Crippen LogP contribution in [0.1, 0.15) is 38.2 Å². The van der Waals surface area contributed by atoms with Crippen LogP contribution in [0.5, 0.6) is 11.5 Å². The van der Waals surface area contributed by atoms with Crippen molar-refractivity contribution in [1.82, 2.24) is 0 Å². The summed E-state index contributed by atoms with van der Waals surface area (Å²) in [7, 11) is 0. The Hall–Kier alpha value is -1.51. The second-order valence-corrected chi connectivity index (χ2v) is 4.06. The van der Waals surface area contributed by atoms with Gasteiger partial charge in [-0.3, -0.25) is 4.79 Å². The Morgan fingerprint density at radius 3 is 2.81 bits per heavy atom. The normalized spacial score (nSPS) is 14.9. The fourth-order valence-electron chi connectivity index (χ4n) is 2.02. The maximum atomic E-state index is 11.6. The highest BCUT2D eigenvalue weighted by molar-refractivity contribution is 5.83. The standard InChI is InChI=1S/C13H16O3/c1-3-4-11(9(2)14)10-5-6-12-13(7-10)16-8-15-12/h5-7,11H,3-4,8H2,1-2H3. The summed E-state index contributed by atoms with van der Waals surface area (Å²) < 4.78 is 10.6. The number of carbonyl (C=O) groups excluding carboxylic acids is 1. The highest BCUT2D eigenvalue weighted by Gasteiger charge is 2.20. The van der Waals surface area contributed by atoms with Gasteiger partial charge in [-0.2, -0.15) is 0 Å². The van der Waals surface area contributed by atoms with Gasteiger partial charge >= 0.3 is 0 Å². The van der Waals surface area contributed by atoms with Crippen LogP contribution in [0.3, 0.4) is 0 Å². The Bertz CT molecular complexity index is 398. The lowest BCUT2D eigenvalue weighted by molar-refractivity contribution is -0.118. The predicted molar refractivity (Wildman–Crippen MR) is 60.9 cm³/mol. The molecule has 0 spiro atoms. The van der Waals surface area contributed by atoms with Crippen LogP contribution in [0.15, 0.2) is 18.2 Å². The number of Topliss-reactive ketones (excluding diaryl/α,β-unsaturated/α-hetero) is 1. The van der Waals surface area contributed by atoms with Crippen LogP contribution < -0.4 is 9.47 Å². The van der Waals surface area contributed by atoms with Gasteiger partial charge < -0.3 is 9.47 Å². The average Bonchev–Trinajstić information content (AvgIpc) is 2.72. The van der Waals surface area contributed by atoms with Crippen molar-refractivity contribution in [3.05, 3.63) is 23.8 Å². The van der Waals surface area contributed by atoms with E-state index in [1.54, 1.807) is 6.92 Å². The SMILES string of the molecule is CCCC(C(C)=O)c1ccc2c(c1)OCO2. The molecule has 0 saturated heterocycles. The third-order valence-corrected chi connectivity index (χ3v) is 2.87. The van der Waals surface area contributed by atoms with Crippen LogP contribution in [0.25, 0.3) is 0 Å². The zero-order valence-corrected chi connectivity index (χ0v) is 9.66. The van der Waals surface area contributed by atoms with Crippen molar-refractivity contribution >= 4 is 5.78 Å². The molecule has 0 radical (unpaired) electrons. The van der Waals surface area contributed by atoms with E-state index >= 15 is 0 Å². The van der Waals surface area contributed by atoms with Crippen LogP contribution in [0, 0.1) is 0 Å². The topological polar surface area (TPSA) is 35.5 Å². The molecule has 3 nitrogen and oxygen atoms in total. The second-order valence-electron chi connectivity index (χ2n) is 4.06. The molecule has 1 aliphatic heterocycles. The van der Waals surface area contributed by atoms with E-state index < -0.39 is 0 Å². The van der Waals surface area contributed by atoms with E-state index in [9.17, 15) is 4.79 Å². The van der Waals surface area contributed by atoms with Crippen molar-refractivity contribution in [3.63, 3.8) is 0 Å². The van der Waals surface area contributed by atoms with E-state index in [1.807, 2.05) is 18.2 Å². The van der Waals surface area contributed by atoms with E-state index in [4.69, 9.17) is 9.47 Å². The van der Waals surface area contributed by atoms with Crippen LogP contribution in [-0.4, -0.2) is 12.6 Å². The second kappa shape index (κ2) is 4.56. The molecule has 0 bridgehead atoms. The maximum Gasteiger partial charge on any atom is 0.231 e. The van der Waals surface area contributed by atoms with Crippen molar-refractivity contribution in [2.75, 3.05) is 6.79 Å². The summed E-state index contributed by atoms with van der Waals surface area (Å²) >= 11 is 0. The minimum Gasteiger partial charge on any atom is -0.454 e. The Morgan fingerprint density at radius 2 is 2.12 bits per heavy atom. The minimum absolute atomic E-state index is 0.0144. The Balaban J connectivity index is 2.28. The zero-order valence-electron chi connectivity index (χ0n) is 9.66. The average molecular weight is 220 g/mol. The molecule has 1 unspecified atom stereocenters. The molecule has 3 heteroatoms. The fraction of sp³-hybridized carbons (Fsp3) is 0.462. The molecule has 0 aromatic heterocycles. The lowest BCUT2D eigenvalue weighted by Crippen LogP contribution is -2.08. The van der Waals surface area contributed by atoms with Gasteiger partial charge in [0.25, 0.3) is 0 Å². The van der Waals surface area contributed by atoms with Gasteiger partial charge in [0.2, 0.25) is 6.79 Å². The predicted octanol–water partition coefficient (Wildman–Crippen LogP) is 2.89. The summed E-state index contributed by atoms with van der Waals surface area (Å²) in [5.41, 5.74) is 1.03. The van der Waals surface area contributed by atoms with Crippen LogP contribution in [0.2, 0.25) is 0 Å². The largest absolute Gasteiger partial charge is 0.454 e. The molecular weight excluding hydrogens is 204 g/mol. The molecule has 1 heterocycles. The van der Waals surface area contributed by atoms with Gasteiger partial charge in [0.1, 0.15) is 5.78 Å². The molecule has 1 aromatic carbocycles. The smallest absolute Gasteiger partial charge is 0.231 e. The highest BCUT2D eigenvalue weighted by atomic mass is 16.7. The number of benzene rings is 1. The Morgan fingerprint density at radius 1 is 1.38 bits per heavy atom. The van der Waals surface area contributed by atoms with E-state index in [-0.39, 0.29) is 18.5 Å². The highest BCUT2D eigenvalue weighted by Crippen LogP contribution is 2.35. The molecule has 0 saturated carbocycles. The molecule has 86 valence electrons. The Kier molecular flexibility index (Phi) is 3.13. The summed E-state index contributed by atoms with van der Waals surface area (Å²) in [5.74, 6) is 1.71. The van der Waals surface area contributed by atoms with Gasteiger partial charge in [0.05, 0.1) is 0 Å². The number of rotatable bonds is 4. The van der Waals surface area contributed by atoms with Crippen molar-refractivity contribution in [3.8, 4) is 11.5 Å². The molecule has 1 atom stereocenters. The van der Waals surface area contributed by atoms with Crippen molar-refractivity contribution in [1.29, 1.82) is 0 Å². The van der Waals surface area contributed by atoms with Crippen molar-refractivity contribution in [2.45, 2.75) is 32.6 Å². The number of hydrogen-bond donors (Lipinski definition) is 0. The van der Waals surface area contributed by atoms with E-state index in [1.165, 1.54) is 0 Å². The summed E-state index contributed by atoms with van der Waals surface area (Å²) in [5, 5.41) is 0. The molecule has 0 aliphatic carbocycles. The van der Waals surface area contributed by atoms with E-state index in [0.29, 0.717) is 0 Å². The Labute approximate surface area is 95.4 Å². The van der Waals surface area contributed by atoms with Crippen molar-refractivity contribution < 1.29 is 14.3 Å². The summed E-state index contributed by atoms with van der Waals surface area (Å²) in [4.78, 5) is 11.6. The molecule has 0 fully saturated rings. The van der Waals surface area contributed by atoms with Gasteiger partial charge in [-0.25, -0.2) is 0 Å². The van der Waals surface area contributed by atoms with Crippen LogP contribution in [0.4, 0.5) is 0 Å². The van der Waals surface area contributed by atoms with Gasteiger partial charge in [-0.15, -0.1) is 0 Å². The fourth-order valence-corrected chi connectivity index (χ4v) is 2.02. The van der Waals surface area contributed by atoms with E-state index in [0.717, 1.165) is 29.9 Å². The van der Waals surface area contributed by atoms with Crippen LogP contribution >= 0.6 is 0 Å². The number of fused-ring (bicyclic) bond motifs is 1. The minimum atomic E-state index is -0.0144. The first kappa shape index (κ1) is 11.0. The van der Waals surface area contributed by atoms with Crippen molar-refractivity contribution in [2.24, 2.45) is 0 Å². The number of hydrogen-bond acceptors (Lipinski definition) is 3. The van der Waals surface area contributed by atoms with Gasteiger partial charge in [0, 0.05) is 5.92 Å². The lowest BCUT2D eigenvalue weighted by atomic mass is 9.91. The molecule has 1 aliphatic rings. The number of carbonyl (C=O) groups is 1. The third kappa shape index (κ3) is 2.03. The number of ketones is 1. The van der Waals surface area contributed by atoms with E-state index in [2.05, 4.69) is 6.92 Å². The molecule has 0 N–H and O–H groups in total. The first-order chi connectivity index (χ1) is 7.72. The van der Waals surface area contributed by atoms with Gasteiger partial charge in [0.15, 0.2) is 11.5 Å². The summed E-state index contributed by atoms with van der Waals surface area (Å²) in [6.45, 7) is 4.01. The molecule has 2 rings (SSSR count).